The van der Waals surface area contributed by atoms with Gasteiger partial charge in [0.25, 0.3) is 0 Å². The largest absolute Gasteiger partial charge is 0.490 e. The van der Waals surface area contributed by atoms with E-state index in [2.05, 4.69) is 20.9 Å². The van der Waals surface area contributed by atoms with Gasteiger partial charge in [0, 0.05) is 4.76 Å². The molecule has 0 spiro atoms. The van der Waals surface area contributed by atoms with Crippen LogP contribution in [0.1, 0.15) is 13.3 Å². The van der Waals surface area contributed by atoms with E-state index in [1.165, 1.54) is 0 Å². The SMILES string of the molecule is CCCN(CC(O)COc1ccccc1Br)C1=Nc2ccccc2[N+]1=O. The average molecular weight is 419 g/mol. The Hall–Kier alpha value is -2.25. The fourth-order valence-corrected chi connectivity index (χ4v) is 3.19. The molecule has 1 atom stereocenters. The Bertz CT molecular complexity index is 825. The zero-order valence-corrected chi connectivity index (χ0v) is 16.1. The number of benzene rings is 2. The summed E-state index contributed by atoms with van der Waals surface area (Å²) in [5, 5.41) is 10.4. The quantitative estimate of drug-likeness (QED) is 0.689. The highest BCUT2D eigenvalue weighted by Gasteiger charge is 2.36. The highest BCUT2D eigenvalue weighted by molar-refractivity contribution is 9.10. The van der Waals surface area contributed by atoms with Crippen LogP contribution in [-0.2, 0) is 0 Å². The van der Waals surface area contributed by atoms with E-state index in [-0.39, 0.29) is 13.2 Å². The third kappa shape index (κ3) is 4.11. The van der Waals surface area contributed by atoms with Gasteiger partial charge in [-0.25, -0.2) is 0 Å². The summed E-state index contributed by atoms with van der Waals surface area (Å²) in [6.45, 7) is 3.04. The lowest BCUT2D eigenvalue weighted by atomic mass is 10.3. The second-order valence-electron chi connectivity index (χ2n) is 6.04. The smallest absolute Gasteiger partial charge is 0.436 e. The van der Waals surface area contributed by atoms with Crippen LogP contribution in [0, 0.1) is 4.91 Å². The molecule has 26 heavy (non-hydrogen) atoms. The minimum Gasteiger partial charge on any atom is -0.490 e. The minimum absolute atomic E-state index is 0.127. The molecule has 1 N–H and O–H groups in total. The first-order chi connectivity index (χ1) is 12.6. The van der Waals surface area contributed by atoms with Crippen LogP contribution in [-0.4, -0.2) is 46.5 Å². The van der Waals surface area contributed by atoms with Gasteiger partial charge < -0.3 is 9.84 Å². The highest BCUT2D eigenvalue weighted by Crippen LogP contribution is 2.33. The molecule has 7 heteroatoms. The molecule has 0 fully saturated rings. The van der Waals surface area contributed by atoms with Crippen molar-refractivity contribution in [3.8, 4) is 5.75 Å². The lowest BCUT2D eigenvalue weighted by molar-refractivity contribution is -0.340. The Morgan fingerprint density at radius 2 is 1.96 bits per heavy atom. The molecule has 1 heterocycles. The lowest BCUT2D eigenvalue weighted by Crippen LogP contribution is -2.42. The normalized spacial score (nSPS) is 14.0. The molecule has 0 aliphatic carbocycles. The molecule has 0 bridgehead atoms. The number of guanidine groups is 1. The Morgan fingerprint density at radius 1 is 1.23 bits per heavy atom. The average Bonchev–Trinajstić information content (AvgIpc) is 2.98. The van der Waals surface area contributed by atoms with Crippen molar-refractivity contribution in [1.82, 2.24) is 4.90 Å². The molecule has 1 aliphatic rings. The van der Waals surface area contributed by atoms with E-state index in [1.807, 2.05) is 49.4 Å². The number of hydrogen-bond donors (Lipinski definition) is 1. The van der Waals surface area contributed by atoms with Crippen molar-refractivity contribution >= 4 is 33.3 Å². The molecule has 2 aromatic rings. The number of nitroso groups, excluding NO2 is 1. The number of ether oxygens (including phenoxy) is 1. The summed E-state index contributed by atoms with van der Waals surface area (Å²) in [6, 6.07) is 14.7. The number of aliphatic imine (C=N–C) groups is 1. The third-order valence-corrected chi connectivity index (χ3v) is 4.63. The molecule has 0 amide bonds. The van der Waals surface area contributed by atoms with Crippen LogP contribution in [0.5, 0.6) is 5.75 Å². The van der Waals surface area contributed by atoms with E-state index in [0.29, 0.717) is 29.6 Å². The number of aliphatic hydroxyl groups excluding tert-OH is 1. The fraction of sp³-hybridized carbons (Fsp3) is 0.316. The van der Waals surface area contributed by atoms with Crippen molar-refractivity contribution in [2.24, 2.45) is 4.99 Å². The van der Waals surface area contributed by atoms with Crippen molar-refractivity contribution in [3.05, 3.63) is 57.9 Å². The first kappa shape index (κ1) is 18.5. The number of rotatable bonds is 7. The number of halogens is 1. The first-order valence-corrected chi connectivity index (χ1v) is 9.34. The zero-order chi connectivity index (χ0) is 18.5. The van der Waals surface area contributed by atoms with Gasteiger partial charge in [-0.05, 0) is 46.6 Å². The van der Waals surface area contributed by atoms with E-state index >= 15 is 0 Å². The van der Waals surface area contributed by atoms with E-state index in [4.69, 9.17) is 4.74 Å². The topological polar surface area (TPSA) is 65.1 Å². The lowest BCUT2D eigenvalue weighted by Gasteiger charge is -2.20. The van der Waals surface area contributed by atoms with Gasteiger partial charge in [0.1, 0.15) is 18.5 Å². The van der Waals surface area contributed by atoms with Gasteiger partial charge in [-0.1, -0.05) is 41.1 Å². The number of hydrogen-bond acceptors (Lipinski definition) is 5. The van der Waals surface area contributed by atoms with E-state index in [0.717, 1.165) is 15.7 Å². The Morgan fingerprint density at radius 3 is 2.69 bits per heavy atom. The van der Waals surface area contributed by atoms with Crippen LogP contribution in [0.25, 0.3) is 0 Å². The summed E-state index contributed by atoms with van der Waals surface area (Å²) in [7, 11) is 0. The van der Waals surface area contributed by atoms with Crippen LogP contribution in [0.2, 0.25) is 0 Å². The van der Waals surface area contributed by atoms with Crippen molar-refractivity contribution < 1.29 is 14.6 Å². The summed E-state index contributed by atoms with van der Waals surface area (Å²) in [5.74, 6) is 0.984. The predicted octanol–water partition coefficient (Wildman–Crippen LogP) is 4.01. The van der Waals surface area contributed by atoms with E-state index in [9.17, 15) is 10.0 Å². The van der Waals surface area contributed by atoms with Crippen LogP contribution in [0.4, 0.5) is 11.4 Å². The summed E-state index contributed by atoms with van der Waals surface area (Å²) in [4.78, 5) is 18.8. The van der Waals surface area contributed by atoms with Gasteiger partial charge >= 0.3 is 5.96 Å². The molecule has 0 radical (unpaired) electrons. The predicted molar refractivity (Wildman–Crippen MR) is 104 cm³/mol. The molecule has 2 aromatic carbocycles. The van der Waals surface area contributed by atoms with Gasteiger partial charge in [-0.2, -0.15) is 0 Å². The van der Waals surface area contributed by atoms with Gasteiger partial charge in [0.05, 0.1) is 17.6 Å². The number of aliphatic hydroxyl groups is 1. The third-order valence-electron chi connectivity index (χ3n) is 3.98. The zero-order valence-electron chi connectivity index (χ0n) is 14.5. The van der Waals surface area contributed by atoms with Crippen LogP contribution >= 0.6 is 15.9 Å². The molecule has 0 saturated heterocycles. The Kier molecular flexibility index (Phi) is 6.00. The summed E-state index contributed by atoms with van der Waals surface area (Å²) in [5.41, 5.74) is 1.18. The maximum atomic E-state index is 12.5. The summed E-state index contributed by atoms with van der Waals surface area (Å²) in [6.07, 6.45) is 0.0783. The van der Waals surface area contributed by atoms with Crippen molar-refractivity contribution in [2.75, 3.05) is 19.7 Å². The molecular formula is C19H21BrN3O3+. The summed E-state index contributed by atoms with van der Waals surface area (Å²) < 4.78 is 7.33. The highest BCUT2D eigenvalue weighted by atomic mass is 79.9. The first-order valence-electron chi connectivity index (χ1n) is 8.55. The molecule has 1 aliphatic heterocycles. The second-order valence-corrected chi connectivity index (χ2v) is 6.89. The monoisotopic (exact) mass is 418 g/mol. The van der Waals surface area contributed by atoms with Gasteiger partial charge in [-0.3, -0.25) is 4.90 Å². The molecule has 136 valence electrons. The van der Waals surface area contributed by atoms with Gasteiger partial charge in [-0.15, -0.1) is 0 Å². The molecular weight excluding hydrogens is 398 g/mol. The Balaban J connectivity index is 1.66. The maximum absolute atomic E-state index is 12.5. The minimum atomic E-state index is -0.756. The van der Waals surface area contributed by atoms with Crippen LogP contribution in [0.15, 0.2) is 58.0 Å². The molecule has 1 unspecified atom stereocenters. The molecule has 0 aromatic heterocycles. The molecule has 6 nitrogen and oxygen atoms in total. The molecule has 0 saturated carbocycles. The van der Waals surface area contributed by atoms with Crippen LogP contribution < -0.4 is 4.74 Å². The fourth-order valence-electron chi connectivity index (χ4n) is 2.79. The Labute approximate surface area is 160 Å². The number of para-hydroxylation sites is 3. The number of nitrogens with zero attached hydrogens (tertiary/aromatic N) is 3. The van der Waals surface area contributed by atoms with Gasteiger partial charge in [0.2, 0.25) is 0 Å². The van der Waals surface area contributed by atoms with Crippen molar-refractivity contribution in [3.63, 3.8) is 0 Å². The van der Waals surface area contributed by atoms with Crippen molar-refractivity contribution in [2.45, 2.75) is 19.4 Å². The second kappa shape index (κ2) is 8.42. The maximum Gasteiger partial charge on any atom is 0.436 e. The van der Waals surface area contributed by atoms with E-state index in [1.54, 1.807) is 11.0 Å². The number of fused-ring (bicyclic) bond motifs is 1. The van der Waals surface area contributed by atoms with Crippen molar-refractivity contribution in [1.29, 1.82) is 0 Å². The molecule has 3 rings (SSSR count). The van der Waals surface area contributed by atoms with E-state index < -0.39 is 6.10 Å². The standard InChI is InChI=1S/C19H21BrN3O3/c1-2-11-22(19-21-16-8-4-5-9-17(16)23(19)25)12-14(24)13-26-18-10-6-3-7-15(18)20/h3-10,14,24H,2,11-13H2,1H3/q+1. The summed E-state index contributed by atoms with van der Waals surface area (Å²) >= 11 is 3.42. The van der Waals surface area contributed by atoms with Crippen LogP contribution in [0.3, 0.4) is 0 Å². The van der Waals surface area contributed by atoms with Gasteiger partial charge in [0.15, 0.2) is 11.4 Å².